The molecule has 4 atom stereocenters. The van der Waals surface area contributed by atoms with E-state index in [0.717, 1.165) is 50.0 Å². The summed E-state index contributed by atoms with van der Waals surface area (Å²) in [7, 11) is 3.77. The summed E-state index contributed by atoms with van der Waals surface area (Å²) in [5.41, 5.74) is 2.90. The molecule has 6 rings (SSSR count). The number of benzene rings is 2. The summed E-state index contributed by atoms with van der Waals surface area (Å²) >= 11 is 11.5. The average molecular weight is 489 g/mol. The second-order valence-corrected chi connectivity index (χ2v) is 10.5. The Morgan fingerprint density at radius 2 is 2.06 bits per heavy atom. The number of piperidine rings is 1. The Morgan fingerprint density at radius 3 is 2.82 bits per heavy atom. The molecule has 7 heteroatoms. The van der Waals surface area contributed by atoms with Gasteiger partial charge >= 0.3 is 0 Å². The summed E-state index contributed by atoms with van der Waals surface area (Å²) in [6.45, 7) is 1.07. The van der Waals surface area contributed by atoms with Crippen LogP contribution in [0, 0.1) is 0 Å². The second kappa shape index (κ2) is 8.46. The molecule has 33 heavy (non-hydrogen) atoms. The minimum Gasteiger partial charge on any atom is -0.489 e. The van der Waals surface area contributed by atoms with Gasteiger partial charge in [-0.05, 0) is 75.0 Å². The molecule has 0 radical (unpaired) electrons. The molecule has 2 heterocycles. The van der Waals surface area contributed by atoms with Crippen LogP contribution in [0.4, 0.5) is 0 Å². The van der Waals surface area contributed by atoms with Crippen molar-refractivity contribution >= 4 is 29.1 Å². The predicted octanol–water partition coefficient (Wildman–Crippen LogP) is 4.14. The number of ether oxygens (including phenoxy) is 1. The van der Waals surface area contributed by atoms with E-state index < -0.39 is 5.60 Å². The van der Waals surface area contributed by atoms with Crippen LogP contribution in [-0.4, -0.2) is 54.3 Å². The van der Waals surface area contributed by atoms with Gasteiger partial charge in [0.2, 0.25) is 5.91 Å². The van der Waals surface area contributed by atoms with Crippen molar-refractivity contribution in [1.82, 2.24) is 10.2 Å². The highest BCUT2D eigenvalue weighted by molar-refractivity contribution is 6.42. The molecule has 2 fully saturated rings. The molecule has 0 unspecified atom stereocenters. The molecular formula is C26H30Cl2N2O3. The number of carbonyl (C=O) groups excluding carboxylic acids is 1. The highest BCUT2D eigenvalue weighted by Crippen LogP contribution is 2.63. The van der Waals surface area contributed by atoms with E-state index in [2.05, 4.69) is 35.5 Å². The lowest BCUT2D eigenvalue weighted by atomic mass is 9.49. The van der Waals surface area contributed by atoms with Crippen LogP contribution < -0.4 is 10.1 Å². The number of hydrogen-bond donors (Lipinski definition) is 2. The van der Waals surface area contributed by atoms with E-state index in [4.69, 9.17) is 27.9 Å². The molecule has 4 aliphatic rings. The van der Waals surface area contributed by atoms with Gasteiger partial charge in [0, 0.05) is 18.7 Å². The molecule has 2 aromatic rings. The number of aliphatic hydroxyl groups is 1. The smallest absolute Gasteiger partial charge is 0.224 e. The average Bonchev–Trinajstić information content (AvgIpc) is 3.13. The second-order valence-electron chi connectivity index (χ2n) is 9.73. The van der Waals surface area contributed by atoms with E-state index >= 15 is 0 Å². The zero-order valence-corrected chi connectivity index (χ0v) is 20.5. The van der Waals surface area contributed by atoms with Crippen LogP contribution in [0.15, 0.2) is 36.4 Å². The fourth-order valence-electron chi connectivity index (χ4n) is 6.64. The third-order valence-electron chi connectivity index (χ3n) is 8.16. The number of amides is 1. The molecule has 1 saturated carbocycles. The number of hydrogen-bond acceptors (Lipinski definition) is 4. The summed E-state index contributed by atoms with van der Waals surface area (Å²) in [5.74, 6) is 1.01. The first-order chi connectivity index (χ1) is 15.8. The first-order valence-corrected chi connectivity index (χ1v) is 12.4. The highest BCUT2D eigenvalue weighted by atomic mass is 35.5. The number of rotatable bonds is 2. The van der Waals surface area contributed by atoms with Crippen molar-refractivity contribution in [2.24, 2.45) is 0 Å². The Hall–Kier alpha value is -1.79. The van der Waals surface area contributed by atoms with Gasteiger partial charge in [-0.3, -0.25) is 4.79 Å². The first-order valence-electron chi connectivity index (χ1n) is 11.7. The van der Waals surface area contributed by atoms with Crippen molar-refractivity contribution < 1.29 is 14.6 Å². The van der Waals surface area contributed by atoms with Crippen LogP contribution in [0.3, 0.4) is 0 Å². The van der Waals surface area contributed by atoms with Gasteiger partial charge in [0.05, 0.1) is 27.5 Å². The molecule has 2 aliphatic heterocycles. The summed E-state index contributed by atoms with van der Waals surface area (Å²) in [6.07, 6.45) is 5.61. The molecular weight excluding hydrogens is 459 g/mol. The van der Waals surface area contributed by atoms with Gasteiger partial charge in [-0.25, -0.2) is 0 Å². The zero-order chi connectivity index (χ0) is 23.4. The van der Waals surface area contributed by atoms with E-state index in [1.807, 2.05) is 0 Å². The lowest BCUT2D eigenvalue weighted by Crippen LogP contribution is -2.74. The maximum absolute atomic E-state index is 11.7. The molecule has 1 spiro atoms. The lowest BCUT2D eigenvalue weighted by Gasteiger charge is -2.62. The normalized spacial score (nSPS) is 31.1. The predicted molar refractivity (Wildman–Crippen MR) is 130 cm³/mol. The Balaban J connectivity index is 0.000000154. The van der Waals surface area contributed by atoms with E-state index in [1.54, 1.807) is 25.2 Å². The van der Waals surface area contributed by atoms with E-state index in [0.29, 0.717) is 16.5 Å². The monoisotopic (exact) mass is 488 g/mol. The number of nitrogens with one attached hydrogen (secondary N) is 1. The zero-order valence-electron chi connectivity index (χ0n) is 19.0. The first kappa shape index (κ1) is 23.0. The van der Waals surface area contributed by atoms with Crippen LogP contribution in [0.1, 0.15) is 42.4 Å². The van der Waals surface area contributed by atoms with Crippen molar-refractivity contribution in [3.8, 4) is 5.75 Å². The number of likely N-dealkylation sites (N-methyl/N-ethyl adjacent to an activating group) is 2. The van der Waals surface area contributed by atoms with E-state index in [9.17, 15) is 9.90 Å². The van der Waals surface area contributed by atoms with Crippen LogP contribution >= 0.6 is 23.2 Å². The van der Waals surface area contributed by atoms with E-state index in [1.165, 1.54) is 11.1 Å². The Labute approximate surface area is 205 Å². The molecule has 2 N–H and O–H groups in total. The largest absolute Gasteiger partial charge is 0.489 e. The minimum atomic E-state index is -0.595. The minimum absolute atomic E-state index is 0.0432. The van der Waals surface area contributed by atoms with Crippen LogP contribution in [0.25, 0.3) is 0 Å². The highest BCUT2D eigenvalue weighted by Gasteiger charge is 2.70. The van der Waals surface area contributed by atoms with Gasteiger partial charge in [-0.15, -0.1) is 0 Å². The molecule has 2 aromatic carbocycles. The standard InChI is InChI=1S/C17H21NO2.C9H9Cl2NO/c1-18-9-8-16-14-6-3-7-17(16,19)13(18)10-11-4-2-5-12(20-14)15(11)16;1-12-9(13)5-6-2-3-7(10)8(11)4-6/h2,4-5,13-14,19H,3,6-10H2,1H3;2-4H,5H2,1H3,(H,12,13)/t13-,14+,16-,17-;/m1./s1. The summed E-state index contributed by atoms with van der Waals surface area (Å²) in [5, 5.41) is 15.2. The molecule has 2 bridgehead atoms. The van der Waals surface area contributed by atoms with Crippen molar-refractivity contribution in [3.63, 3.8) is 0 Å². The van der Waals surface area contributed by atoms with Crippen LogP contribution in [-0.2, 0) is 23.1 Å². The third kappa shape index (κ3) is 3.47. The number of nitrogens with zero attached hydrogens (tertiary/aromatic N) is 1. The molecule has 1 amide bonds. The van der Waals surface area contributed by atoms with Crippen LogP contribution in [0.2, 0.25) is 10.0 Å². The fourth-order valence-corrected chi connectivity index (χ4v) is 6.96. The van der Waals surface area contributed by atoms with Gasteiger partial charge in [-0.2, -0.15) is 0 Å². The van der Waals surface area contributed by atoms with Gasteiger partial charge in [0.1, 0.15) is 11.9 Å². The molecule has 5 nitrogen and oxygen atoms in total. The Morgan fingerprint density at radius 1 is 1.24 bits per heavy atom. The number of carbonyl (C=O) groups is 1. The Kier molecular flexibility index (Phi) is 5.89. The fraction of sp³-hybridized carbons (Fsp3) is 0.500. The Bertz CT molecular complexity index is 1090. The maximum Gasteiger partial charge on any atom is 0.224 e. The molecule has 0 aromatic heterocycles. The van der Waals surface area contributed by atoms with Crippen molar-refractivity contribution in [1.29, 1.82) is 0 Å². The third-order valence-corrected chi connectivity index (χ3v) is 8.90. The summed E-state index contributed by atoms with van der Waals surface area (Å²) in [6, 6.07) is 11.9. The van der Waals surface area contributed by atoms with Gasteiger partial charge < -0.3 is 20.1 Å². The van der Waals surface area contributed by atoms with Crippen molar-refractivity contribution in [2.45, 2.75) is 61.7 Å². The summed E-state index contributed by atoms with van der Waals surface area (Å²) in [4.78, 5) is 13.4. The van der Waals surface area contributed by atoms with Gasteiger partial charge in [0.25, 0.3) is 0 Å². The van der Waals surface area contributed by atoms with Crippen LogP contribution in [0.5, 0.6) is 5.75 Å². The lowest BCUT2D eigenvalue weighted by molar-refractivity contribution is -0.180. The summed E-state index contributed by atoms with van der Waals surface area (Å²) < 4.78 is 6.30. The molecule has 2 aliphatic carbocycles. The van der Waals surface area contributed by atoms with Crippen molar-refractivity contribution in [3.05, 3.63) is 63.1 Å². The SMILES string of the molecule is CN1CC[C@]23c4c5cccc4O[C@H]2CCC[C@@]3(O)[C@H]1C5.CNC(=O)Cc1ccc(Cl)c(Cl)c1. The molecule has 176 valence electrons. The van der Waals surface area contributed by atoms with E-state index in [-0.39, 0.29) is 23.5 Å². The maximum atomic E-state index is 11.7. The van der Waals surface area contributed by atoms with Gasteiger partial charge in [-0.1, -0.05) is 41.4 Å². The van der Waals surface area contributed by atoms with Gasteiger partial charge in [0.15, 0.2) is 0 Å². The topological polar surface area (TPSA) is 61.8 Å². The van der Waals surface area contributed by atoms with Crippen molar-refractivity contribution in [2.75, 3.05) is 20.6 Å². The quantitative estimate of drug-likeness (QED) is 0.666. The molecule has 1 saturated heterocycles. The number of likely N-dealkylation sites (tertiary alicyclic amines) is 1. The number of halogens is 2.